The van der Waals surface area contributed by atoms with Crippen LogP contribution in [0.3, 0.4) is 0 Å². The largest absolute Gasteiger partial charge is 0.299 e. The maximum Gasteiger partial charge on any atom is 0.138 e. The molecule has 0 saturated carbocycles. The summed E-state index contributed by atoms with van der Waals surface area (Å²) in [6.07, 6.45) is 8.07. The molecule has 1 aromatic carbocycles. The molecule has 0 aliphatic heterocycles. The number of allylic oxidation sites excluding steroid dienone is 1. The number of hydrogen-bond donors (Lipinski definition) is 0. The molecular formula is C26H22N4. The maximum atomic E-state index is 4.94. The van der Waals surface area contributed by atoms with E-state index in [9.17, 15) is 0 Å². The number of aryl methyl sites for hydroxylation is 2. The maximum absolute atomic E-state index is 4.94. The molecule has 0 aliphatic carbocycles. The molecule has 4 aromatic heterocycles. The highest BCUT2D eigenvalue weighted by Gasteiger charge is 2.17. The molecule has 4 heteroatoms. The molecule has 5 rings (SSSR count). The van der Waals surface area contributed by atoms with E-state index in [4.69, 9.17) is 9.97 Å². The van der Waals surface area contributed by atoms with Gasteiger partial charge in [-0.15, -0.1) is 0 Å². The molecule has 0 radical (unpaired) electrons. The Morgan fingerprint density at radius 1 is 0.933 bits per heavy atom. The van der Waals surface area contributed by atoms with E-state index < -0.39 is 0 Å². The lowest BCUT2D eigenvalue weighted by atomic mass is 10.0. The van der Waals surface area contributed by atoms with Crippen LogP contribution in [0.4, 0.5) is 0 Å². The molecule has 5 aromatic rings. The Labute approximate surface area is 175 Å². The smallest absolute Gasteiger partial charge is 0.138 e. The van der Waals surface area contributed by atoms with E-state index in [1.807, 2.05) is 44.3 Å². The van der Waals surface area contributed by atoms with Gasteiger partial charge in [-0.05, 0) is 68.3 Å². The Morgan fingerprint density at radius 3 is 2.67 bits per heavy atom. The van der Waals surface area contributed by atoms with Crippen molar-refractivity contribution in [2.75, 3.05) is 0 Å². The van der Waals surface area contributed by atoms with Crippen LogP contribution in [0.25, 0.3) is 45.3 Å². The number of pyridine rings is 3. The van der Waals surface area contributed by atoms with Crippen LogP contribution < -0.4 is 0 Å². The van der Waals surface area contributed by atoms with Gasteiger partial charge in [0.1, 0.15) is 11.3 Å². The van der Waals surface area contributed by atoms with Crippen molar-refractivity contribution in [3.05, 3.63) is 89.9 Å². The van der Waals surface area contributed by atoms with Crippen molar-refractivity contribution in [1.82, 2.24) is 19.4 Å². The van der Waals surface area contributed by atoms with Crippen molar-refractivity contribution < 1.29 is 0 Å². The first kappa shape index (κ1) is 18.3. The first-order valence-corrected chi connectivity index (χ1v) is 10.1. The van der Waals surface area contributed by atoms with Crippen molar-refractivity contribution in [3.63, 3.8) is 0 Å². The number of aromatic nitrogens is 4. The predicted octanol–water partition coefficient (Wildman–Crippen LogP) is 6.26. The van der Waals surface area contributed by atoms with Gasteiger partial charge in [0.25, 0.3) is 0 Å². The number of rotatable bonds is 3. The fourth-order valence-corrected chi connectivity index (χ4v) is 3.90. The van der Waals surface area contributed by atoms with Gasteiger partial charge in [0.2, 0.25) is 0 Å². The summed E-state index contributed by atoms with van der Waals surface area (Å²) in [5.41, 5.74) is 9.06. The number of imidazole rings is 1. The van der Waals surface area contributed by atoms with E-state index in [0.717, 1.165) is 56.0 Å². The molecule has 4 nitrogen and oxygen atoms in total. The van der Waals surface area contributed by atoms with Crippen LogP contribution in [0.1, 0.15) is 23.7 Å². The number of benzene rings is 1. The summed E-state index contributed by atoms with van der Waals surface area (Å²) in [4.78, 5) is 14.4. The van der Waals surface area contributed by atoms with Crippen molar-refractivity contribution >= 4 is 22.6 Å². The Kier molecular flexibility index (Phi) is 4.40. The molecule has 0 bridgehead atoms. The van der Waals surface area contributed by atoms with Crippen LogP contribution in [0.15, 0.2) is 73.1 Å². The molecule has 0 spiro atoms. The third kappa shape index (κ3) is 3.07. The lowest BCUT2D eigenvalue weighted by Gasteiger charge is -2.08. The minimum Gasteiger partial charge on any atom is -0.299 e. The Balaban J connectivity index is 1.77. The molecule has 0 unspecified atom stereocenters. The molecule has 4 heterocycles. The van der Waals surface area contributed by atoms with Crippen LogP contribution in [-0.2, 0) is 0 Å². The third-order valence-electron chi connectivity index (χ3n) is 5.34. The summed E-state index contributed by atoms with van der Waals surface area (Å²) in [6.45, 7) is 6.13. The molecular weight excluding hydrogens is 368 g/mol. The van der Waals surface area contributed by atoms with Gasteiger partial charge in [-0.3, -0.25) is 14.4 Å². The topological polar surface area (TPSA) is 43.1 Å². The van der Waals surface area contributed by atoms with Crippen LogP contribution >= 0.6 is 0 Å². The Morgan fingerprint density at radius 2 is 1.83 bits per heavy atom. The van der Waals surface area contributed by atoms with Gasteiger partial charge in [0.05, 0.1) is 16.9 Å². The Hall–Kier alpha value is -3.79. The van der Waals surface area contributed by atoms with Gasteiger partial charge in [0.15, 0.2) is 0 Å². The molecule has 0 fully saturated rings. The van der Waals surface area contributed by atoms with Gasteiger partial charge >= 0.3 is 0 Å². The van der Waals surface area contributed by atoms with Gasteiger partial charge in [-0.1, -0.05) is 30.4 Å². The van der Waals surface area contributed by atoms with Gasteiger partial charge in [-0.25, -0.2) is 4.98 Å². The van der Waals surface area contributed by atoms with E-state index in [-0.39, 0.29) is 0 Å². The number of fused-ring (bicyclic) bond motifs is 2. The van der Waals surface area contributed by atoms with Crippen molar-refractivity contribution in [2.24, 2.45) is 0 Å². The zero-order valence-corrected chi connectivity index (χ0v) is 17.3. The van der Waals surface area contributed by atoms with Gasteiger partial charge < -0.3 is 0 Å². The van der Waals surface area contributed by atoms with Crippen molar-refractivity contribution in [1.29, 1.82) is 0 Å². The quantitative estimate of drug-likeness (QED) is 0.365. The fraction of sp³-hybridized carbons (Fsp3) is 0.115. The second-order valence-corrected chi connectivity index (χ2v) is 7.53. The minimum absolute atomic E-state index is 0.877. The fourth-order valence-electron chi connectivity index (χ4n) is 3.90. The minimum atomic E-state index is 0.877. The highest BCUT2D eigenvalue weighted by atomic mass is 15.0. The predicted molar refractivity (Wildman–Crippen MR) is 123 cm³/mol. The highest BCUT2D eigenvalue weighted by Crippen LogP contribution is 2.34. The van der Waals surface area contributed by atoms with Crippen LogP contribution in [0, 0.1) is 13.8 Å². The average Bonchev–Trinajstić information content (AvgIpc) is 3.14. The van der Waals surface area contributed by atoms with E-state index >= 15 is 0 Å². The number of nitrogens with zero attached hydrogens (tertiary/aromatic N) is 4. The summed E-state index contributed by atoms with van der Waals surface area (Å²) in [6, 6.07) is 18.8. The lowest BCUT2D eigenvalue weighted by Crippen LogP contribution is -1.94. The van der Waals surface area contributed by atoms with Crippen LogP contribution in [0.2, 0.25) is 0 Å². The summed E-state index contributed by atoms with van der Waals surface area (Å²) in [7, 11) is 0. The van der Waals surface area contributed by atoms with E-state index in [2.05, 4.69) is 65.0 Å². The lowest BCUT2D eigenvalue weighted by molar-refractivity contribution is 1.18. The first-order chi connectivity index (χ1) is 14.6. The summed E-state index contributed by atoms with van der Waals surface area (Å²) in [5.74, 6) is 0. The normalized spacial score (nSPS) is 11.7. The highest BCUT2D eigenvalue weighted by molar-refractivity contribution is 5.88. The van der Waals surface area contributed by atoms with Crippen molar-refractivity contribution in [2.45, 2.75) is 20.8 Å². The van der Waals surface area contributed by atoms with Crippen molar-refractivity contribution in [3.8, 4) is 22.6 Å². The molecule has 0 atom stereocenters. The second kappa shape index (κ2) is 7.23. The van der Waals surface area contributed by atoms with E-state index in [1.165, 1.54) is 0 Å². The molecule has 0 aliphatic rings. The molecule has 0 saturated heterocycles. The summed E-state index contributed by atoms with van der Waals surface area (Å²) in [5, 5.41) is 1.12. The summed E-state index contributed by atoms with van der Waals surface area (Å²) >= 11 is 0. The molecule has 0 amide bonds. The SMILES string of the molecule is C/C=C/c1ccc(-c2nc3ccccn3c2-c2ccc3ncc(C)cc3c2)nc1C. The molecule has 146 valence electrons. The monoisotopic (exact) mass is 390 g/mol. The summed E-state index contributed by atoms with van der Waals surface area (Å²) < 4.78 is 2.14. The molecule has 30 heavy (non-hydrogen) atoms. The second-order valence-electron chi connectivity index (χ2n) is 7.53. The van der Waals surface area contributed by atoms with Gasteiger partial charge in [-0.2, -0.15) is 0 Å². The first-order valence-electron chi connectivity index (χ1n) is 10.1. The molecule has 0 N–H and O–H groups in total. The third-order valence-corrected chi connectivity index (χ3v) is 5.34. The number of hydrogen-bond acceptors (Lipinski definition) is 3. The van der Waals surface area contributed by atoms with E-state index in [0.29, 0.717) is 0 Å². The van der Waals surface area contributed by atoms with Crippen LogP contribution in [-0.4, -0.2) is 19.4 Å². The zero-order chi connectivity index (χ0) is 20.7. The van der Waals surface area contributed by atoms with Crippen LogP contribution in [0.5, 0.6) is 0 Å². The Bertz CT molecular complexity index is 1430. The van der Waals surface area contributed by atoms with E-state index in [1.54, 1.807) is 0 Å². The average molecular weight is 390 g/mol. The van der Waals surface area contributed by atoms with Gasteiger partial charge in [0, 0.05) is 29.0 Å². The zero-order valence-electron chi connectivity index (χ0n) is 17.3. The standard InChI is InChI=1S/C26H22N4/c1-4-7-19-9-12-23(28-18(19)3)25-26(30-13-6-5-8-24(30)29-25)20-10-11-22-21(15-20)14-17(2)16-27-22/h4-16H,1-3H3/b7-4+.